The molecule has 5 rings (SSSR count). The predicted octanol–water partition coefficient (Wildman–Crippen LogP) is 6.80. The van der Waals surface area contributed by atoms with E-state index in [2.05, 4.69) is 53.8 Å². The van der Waals surface area contributed by atoms with Gasteiger partial charge in [0.25, 0.3) is 5.91 Å². The number of hydrogen-bond acceptors (Lipinski definition) is 2. The van der Waals surface area contributed by atoms with E-state index in [1.54, 1.807) is 4.68 Å². The van der Waals surface area contributed by atoms with E-state index in [-0.39, 0.29) is 11.8 Å². The highest BCUT2D eigenvalue weighted by molar-refractivity contribution is 5.94. The van der Waals surface area contributed by atoms with Crippen LogP contribution in [0.1, 0.15) is 39.5 Å². The summed E-state index contributed by atoms with van der Waals surface area (Å²) in [5.74, 6) is 0.0692. The average molecular weight is 472 g/mol. The Morgan fingerprint density at radius 2 is 1.33 bits per heavy atom. The molecule has 1 aromatic heterocycles. The molecule has 1 N–H and O–H groups in total. The number of rotatable bonds is 8. The molecule has 5 aromatic rings. The highest BCUT2D eigenvalue weighted by atomic mass is 16.2. The number of benzene rings is 4. The van der Waals surface area contributed by atoms with Crippen LogP contribution in [-0.2, 0) is 0 Å². The van der Waals surface area contributed by atoms with Gasteiger partial charge in [-0.2, -0.15) is 5.10 Å². The summed E-state index contributed by atoms with van der Waals surface area (Å²) < 4.78 is 1.74. The van der Waals surface area contributed by atoms with Gasteiger partial charge < -0.3 is 5.32 Å². The zero-order chi connectivity index (χ0) is 24.7. The first kappa shape index (κ1) is 23.3. The molecule has 1 amide bonds. The maximum atomic E-state index is 13.4. The van der Waals surface area contributed by atoms with E-state index >= 15 is 0 Å². The third-order valence-electron chi connectivity index (χ3n) is 6.41. The molecule has 0 fully saturated rings. The first-order valence-electron chi connectivity index (χ1n) is 12.3. The van der Waals surface area contributed by atoms with Crippen LogP contribution in [0.2, 0.25) is 0 Å². The fourth-order valence-corrected chi connectivity index (χ4v) is 4.49. The number of aromatic nitrogens is 2. The smallest absolute Gasteiger partial charge is 0.270 e. The Labute approximate surface area is 212 Å². The molecule has 178 valence electrons. The molecule has 0 saturated carbocycles. The van der Waals surface area contributed by atoms with E-state index in [9.17, 15) is 4.79 Å². The first-order valence-corrected chi connectivity index (χ1v) is 12.3. The first-order chi connectivity index (χ1) is 17.7. The Morgan fingerprint density at radius 1 is 0.778 bits per heavy atom. The minimum absolute atomic E-state index is 0.134. The zero-order valence-corrected chi connectivity index (χ0v) is 20.3. The van der Waals surface area contributed by atoms with Gasteiger partial charge in [0.1, 0.15) is 5.69 Å². The average Bonchev–Trinajstić information content (AvgIpc) is 3.39. The second-order valence-corrected chi connectivity index (χ2v) is 8.95. The lowest BCUT2D eigenvalue weighted by Crippen LogP contribution is -2.28. The Morgan fingerprint density at radius 3 is 1.92 bits per heavy atom. The van der Waals surface area contributed by atoms with Crippen molar-refractivity contribution in [3.05, 3.63) is 144 Å². The third kappa shape index (κ3) is 5.28. The van der Waals surface area contributed by atoms with Crippen molar-refractivity contribution in [3.8, 4) is 16.9 Å². The van der Waals surface area contributed by atoms with Gasteiger partial charge in [-0.05, 0) is 42.7 Å². The second kappa shape index (κ2) is 10.9. The summed E-state index contributed by atoms with van der Waals surface area (Å²) in [6.45, 7) is 2.60. The number of nitrogens with one attached hydrogen (secondary N) is 1. The molecule has 0 radical (unpaired) electrons. The maximum absolute atomic E-state index is 13.4. The van der Waals surface area contributed by atoms with E-state index in [1.807, 2.05) is 79.7 Å². The maximum Gasteiger partial charge on any atom is 0.270 e. The van der Waals surface area contributed by atoms with E-state index in [1.165, 1.54) is 11.1 Å². The molecule has 0 spiro atoms. The normalized spacial score (nSPS) is 10.9. The van der Waals surface area contributed by atoms with Crippen LogP contribution in [0.3, 0.4) is 0 Å². The highest BCUT2D eigenvalue weighted by Crippen LogP contribution is 2.27. The zero-order valence-electron chi connectivity index (χ0n) is 20.3. The predicted molar refractivity (Wildman–Crippen MR) is 145 cm³/mol. The monoisotopic (exact) mass is 471 g/mol. The molecule has 36 heavy (non-hydrogen) atoms. The number of amides is 1. The van der Waals surface area contributed by atoms with Crippen LogP contribution >= 0.6 is 0 Å². The Kier molecular flexibility index (Phi) is 7.04. The van der Waals surface area contributed by atoms with Crippen LogP contribution in [0, 0.1) is 6.92 Å². The quantitative estimate of drug-likeness (QED) is 0.271. The van der Waals surface area contributed by atoms with Crippen molar-refractivity contribution >= 4 is 5.91 Å². The van der Waals surface area contributed by atoms with Gasteiger partial charge in [0.2, 0.25) is 0 Å². The summed E-state index contributed by atoms with van der Waals surface area (Å²) in [5.41, 5.74) is 6.78. The van der Waals surface area contributed by atoms with Gasteiger partial charge in [0.15, 0.2) is 0 Å². The summed E-state index contributed by atoms with van der Waals surface area (Å²) in [6, 6.07) is 40.8. The fourth-order valence-electron chi connectivity index (χ4n) is 4.49. The molecular formula is C32H29N3O. The number of carbonyl (C=O) groups excluding carboxylic acids is 1. The number of nitrogens with zero attached hydrogens (tertiary/aromatic N) is 2. The summed E-state index contributed by atoms with van der Waals surface area (Å²) in [4.78, 5) is 13.4. The van der Waals surface area contributed by atoms with E-state index in [0.29, 0.717) is 12.2 Å². The van der Waals surface area contributed by atoms with Crippen molar-refractivity contribution in [2.24, 2.45) is 0 Å². The van der Waals surface area contributed by atoms with Gasteiger partial charge >= 0.3 is 0 Å². The Bertz CT molecular complexity index is 1370. The molecule has 0 aliphatic carbocycles. The Hall–Kier alpha value is -4.44. The van der Waals surface area contributed by atoms with Crippen molar-refractivity contribution in [2.45, 2.75) is 19.3 Å². The number of aryl methyl sites for hydroxylation is 1. The van der Waals surface area contributed by atoms with Crippen molar-refractivity contribution in [3.63, 3.8) is 0 Å². The number of hydrogen-bond donors (Lipinski definition) is 1. The highest BCUT2D eigenvalue weighted by Gasteiger charge is 2.19. The second-order valence-electron chi connectivity index (χ2n) is 8.95. The summed E-state index contributed by atoms with van der Waals surface area (Å²) in [6.07, 6.45) is 0.796. The van der Waals surface area contributed by atoms with Crippen molar-refractivity contribution in [1.82, 2.24) is 15.1 Å². The van der Waals surface area contributed by atoms with Crippen LogP contribution in [0.4, 0.5) is 0 Å². The van der Waals surface area contributed by atoms with E-state index in [0.717, 1.165) is 28.9 Å². The molecule has 0 atom stereocenters. The summed E-state index contributed by atoms with van der Waals surface area (Å²) >= 11 is 0. The lowest BCUT2D eigenvalue weighted by molar-refractivity contribution is 0.0945. The SMILES string of the molecule is Cc1ccc(-n2nc(-c3ccccc3)cc2C(=O)NCCC(c2ccccc2)c2ccccc2)cc1. The molecule has 0 unspecified atom stereocenters. The third-order valence-corrected chi connectivity index (χ3v) is 6.41. The van der Waals surface area contributed by atoms with E-state index < -0.39 is 0 Å². The van der Waals surface area contributed by atoms with Gasteiger partial charge in [0, 0.05) is 18.0 Å². The van der Waals surface area contributed by atoms with Crippen LogP contribution in [0.15, 0.2) is 121 Å². The molecular weight excluding hydrogens is 442 g/mol. The molecule has 0 saturated heterocycles. The molecule has 4 aromatic carbocycles. The largest absolute Gasteiger partial charge is 0.351 e. The topological polar surface area (TPSA) is 46.9 Å². The van der Waals surface area contributed by atoms with Crippen LogP contribution in [0.25, 0.3) is 16.9 Å². The molecule has 1 heterocycles. The van der Waals surface area contributed by atoms with Crippen LogP contribution in [0.5, 0.6) is 0 Å². The minimum Gasteiger partial charge on any atom is -0.351 e. The van der Waals surface area contributed by atoms with E-state index in [4.69, 9.17) is 5.10 Å². The van der Waals surface area contributed by atoms with Gasteiger partial charge in [-0.3, -0.25) is 4.79 Å². The molecule has 4 nitrogen and oxygen atoms in total. The van der Waals surface area contributed by atoms with Crippen molar-refractivity contribution in [2.75, 3.05) is 6.54 Å². The van der Waals surface area contributed by atoms with Gasteiger partial charge in [-0.25, -0.2) is 4.68 Å². The van der Waals surface area contributed by atoms with Gasteiger partial charge in [-0.15, -0.1) is 0 Å². The van der Waals surface area contributed by atoms with Crippen LogP contribution in [-0.4, -0.2) is 22.2 Å². The van der Waals surface area contributed by atoms with Gasteiger partial charge in [0.05, 0.1) is 11.4 Å². The van der Waals surface area contributed by atoms with Gasteiger partial charge in [-0.1, -0.05) is 109 Å². The fraction of sp³-hybridized carbons (Fsp3) is 0.125. The van der Waals surface area contributed by atoms with Crippen molar-refractivity contribution < 1.29 is 4.79 Å². The summed E-state index contributed by atoms with van der Waals surface area (Å²) in [7, 11) is 0. The summed E-state index contributed by atoms with van der Waals surface area (Å²) in [5, 5.41) is 7.95. The lowest BCUT2D eigenvalue weighted by Gasteiger charge is -2.18. The molecule has 0 aliphatic heterocycles. The standard InChI is InChI=1S/C32H29N3O/c1-24-17-19-28(20-18-24)35-31(23-30(34-35)27-15-9-4-10-16-27)32(36)33-22-21-29(25-11-5-2-6-12-25)26-13-7-3-8-14-26/h2-20,23,29H,21-22H2,1H3,(H,33,36). The Balaban J connectivity index is 1.39. The van der Waals surface area contributed by atoms with Crippen molar-refractivity contribution in [1.29, 1.82) is 0 Å². The molecule has 4 heteroatoms. The lowest BCUT2D eigenvalue weighted by atomic mass is 9.88. The molecule has 0 aliphatic rings. The number of carbonyl (C=O) groups is 1. The molecule has 0 bridgehead atoms. The minimum atomic E-state index is -0.134. The van der Waals surface area contributed by atoms with Crippen LogP contribution < -0.4 is 5.32 Å².